The Morgan fingerprint density at radius 1 is 0.960 bits per heavy atom. The molecule has 0 fully saturated rings. The van der Waals surface area contributed by atoms with Gasteiger partial charge < -0.3 is 0 Å². The van der Waals surface area contributed by atoms with Crippen LogP contribution in [0.1, 0.15) is 11.1 Å². The van der Waals surface area contributed by atoms with E-state index in [0.29, 0.717) is 22.2 Å². The monoisotopic (exact) mass is 354 g/mol. The van der Waals surface area contributed by atoms with Crippen LogP contribution in [0, 0.1) is 13.8 Å². The molecule has 0 radical (unpaired) electrons. The molecule has 4 aromatic rings. The second-order valence-electron chi connectivity index (χ2n) is 6.39. The molecule has 2 heterocycles. The molecule has 0 unspecified atom stereocenters. The van der Waals surface area contributed by atoms with E-state index in [1.54, 1.807) is 6.07 Å². The van der Waals surface area contributed by atoms with Crippen molar-refractivity contribution in [3.8, 4) is 0 Å². The Kier molecular flexibility index (Phi) is 3.35. The topological polar surface area (TPSA) is 68.1 Å². The van der Waals surface area contributed by atoms with Crippen molar-refractivity contribution in [3.05, 3.63) is 47.5 Å². The summed E-state index contributed by atoms with van der Waals surface area (Å²) in [6.45, 7) is 4.03. The highest BCUT2D eigenvalue weighted by Gasteiger charge is 2.25. The largest absolute Gasteiger partial charge is 0.309 e. The van der Waals surface area contributed by atoms with Gasteiger partial charge in [0, 0.05) is 19.5 Å². The van der Waals surface area contributed by atoms with Gasteiger partial charge in [-0.2, -0.15) is 12.7 Å². The van der Waals surface area contributed by atoms with Gasteiger partial charge in [0.15, 0.2) is 5.65 Å². The van der Waals surface area contributed by atoms with Crippen molar-refractivity contribution in [2.45, 2.75) is 13.8 Å². The standard InChI is InChI=1S/C18H18N4O2S/c1-11-9-14-15(10-12(11)2)20-18-17(19-14)13-7-5-6-8-16(13)22(18)25(23,24)21(3)4/h5-10H,1-4H3. The summed E-state index contributed by atoms with van der Waals surface area (Å²) in [4.78, 5) is 9.40. The van der Waals surface area contributed by atoms with Gasteiger partial charge in [-0.25, -0.2) is 13.9 Å². The summed E-state index contributed by atoms with van der Waals surface area (Å²) in [5, 5.41) is 0.774. The smallest absolute Gasteiger partial charge is 0.242 e. The Labute approximate surface area is 145 Å². The molecule has 6 nitrogen and oxygen atoms in total. The van der Waals surface area contributed by atoms with Crippen LogP contribution in [0.15, 0.2) is 36.4 Å². The van der Waals surface area contributed by atoms with Crippen LogP contribution in [-0.4, -0.2) is 40.8 Å². The van der Waals surface area contributed by atoms with Crippen molar-refractivity contribution >= 4 is 43.3 Å². The third-order valence-electron chi connectivity index (χ3n) is 4.52. The lowest BCUT2D eigenvalue weighted by atomic mass is 10.1. The number of fused-ring (bicyclic) bond motifs is 4. The summed E-state index contributed by atoms with van der Waals surface area (Å²) < 4.78 is 28.3. The van der Waals surface area contributed by atoms with Crippen molar-refractivity contribution in [2.24, 2.45) is 0 Å². The average Bonchev–Trinajstić information content (AvgIpc) is 2.88. The molecule has 0 aliphatic heterocycles. The van der Waals surface area contributed by atoms with Crippen molar-refractivity contribution in [1.82, 2.24) is 18.2 Å². The van der Waals surface area contributed by atoms with E-state index >= 15 is 0 Å². The zero-order valence-electron chi connectivity index (χ0n) is 14.5. The lowest BCUT2D eigenvalue weighted by molar-refractivity contribution is 0.514. The number of nitrogens with zero attached hydrogens (tertiary/aromatic N) is 4. The normalized spacial score (nSPS) is 12.7. The first kappa shape index (κ1) is 16.0. The SMILES string of the molecule is Cc1cc2nc3c4ccccc4n(S(=O)(=O)N(C)C)c3nc2cc1C. The van der Waals surface area contributed by atoms with Crippen LogP contribution in [0.5, 0.6) is 0 Å². The molecular weight excluding hydrogens is 336 g/mol. The number of benzene rings is 2. The predicted octanol–water partition coefficient (Wildman–Crippen LogP) is 3.01. The highest BCUT2D eigenvalue weighted by molar-refractivity contribution is 7.87. The minimum absolute atomic E-state index is 0.352. The maximum Gasteiger partial charge on any atom is 0.309 e. The molecule has 2 aromatic carbocycles. The van der Waals surface area contributed by atoms with E-state index in [-0.39, 0.29) is 0 Å². The fourth-order valence-electron chi connectivity index (χ4n) is 2.99. The molecule has 0 saturated heterocycles. The van der Waals surface area contributed by atoms with Crippen LogP contribution in [-0.2, 0) is 10.2 Å². The molecule has 0 amide bonds. The Balaban J connectivity index is 2.26. The first-order valence-corrected chi connectivity index (χ1v) is 9.31. The van der Waals surface area contributed by atoms with Crippen LogP contribution >= 0.6 is 0 Å². The van der Waals surface area contributed by atoms with Gasteiger partial charge in [-0.15, -0.1) is 0 Å². The quantitative estimate of drug-likeness (QED) is 0.555. The Morgan fingerprint density at radius 2 is 1.56 bits per heavy atom. The van der Waals surface area contributed by atoms with Crippen molar-refractivity contribution < 1.29 is 8.42 Å². The van der Waals surface area contributed by atoms with Crippen LogP contribution in [0.2, 0.25) is 0 Å². The second kappa shape index (κ2) is 5.24. The van der Waals surface area contributed by atoms with Gasteiger partial charge in [0.1, 0.15) is 5.52 Å². The third kappa shape index (κ3) is 2.23. The highest BCUT2D eigenvalue weighted by Crippen LogP contribution is 2.30. The molecule has 0 atom stereocenters. The molecule has 2 aromatic heterocycles. The Hall–Kier alpha value is -2.51. The van der Waals surface area contributed by atoms with Gasteiger partial charge >= 0.3 is 10.2 Å². The summed E-state index contributed by atoms with van der Waals surface area (Å²) in [6.07, 6.45) is 0. The van der Waals surface area contributed by atoms with Crippen molar-refractivity contribution in [2.75, 3.05) is 14.1 Å². The van der Waals surface area contributed by atoms with Gasteiger partial charge in [0.2, 0.25) is 0 Å². The summed E-state index contributed by atoms with van der Waals surface area (Å²) in [7, 11) is -0.703. The molecule has 0 N–H and O–H groups in total. The number of aromatic nitrogens is 3. The maximum absolute atomic E-state index is 12.9. The molecule has 128 valence electrons. The van der Waals surface area contributed by atoms with Crippen LogP contribution < -0.4 is 0 Å². The van der Waals surface area contributed by atoms with Gasteiger partial charge in [-0.3, -0.25) is 0 Å². The lowest BCUT2D eigenvalue weighted by Gasteiger charge is -2.14. The van der Waals surface area contributed by atoms with Gasteiger partial charge in [0.05, 0.1) is 16.6 Å². The zero-order valence-corrected chi connectivity index (χ0v) is 15.3. The molecule has 4 rings (SSSR count). The fourth-order valence-corrected chi connectivity index (χ4v) is 4.07. The number of rotatable bonds is 2. The fraction of sp³-hybridized carbons (Fsp3) is 0.222. The Bertz CT molecular complexity index is 1260. The second-order valence-corrected chi connectivity index (χ2v) is 8.38. The zero-order chi connectivity index (χ0) is 17.9. The minimum atomic E-state index is -3.73. The van der Waals surface area contributed by atoms with Crippen LogP contribution in [0.3, 0.4) is 0 Å². The van der Waals surface area contributed by atoms with Crippen molar-refractivity contribution in [1.29, 1.82) is 0 Å². The molecule has 7 heteroatoms. The van der Waals surface area contributed by atoms with E-state index in [1.807, 2.05) is 44.2 Å². The van der Waals surface area contributed by atoms with Crippen LogP contribution in [0.4, 0.5) is 0 Å². The van der Waals surface area contributed by atoms with E-state index in [9.17, 15) is 8.42 Å². The average molecular weight is 354 g/mol. The molecule has 25 heavy (non-hydrogen) atoms. The molecule has 0 aliphatic rings. The van der Waals surface area contributed by atoms with E-state index in [2.05, 4.69) is 4.98 Å². The molecule has 0 spiro atoms. The molecular formula is C18H18N4O2S. The maximum atomic E-state index is 12.9. The van der Waals surface area contributed by atoms with Gasteiger partial charge in [0.25, 0.3) is 0 Å². The van der Waals surface area contributed by atoms with Crippen LogP contribution in [0.25, 0.3) is 33.1 Å². The number of aryl methyl sites for hydroxylation is 2. The summed E-state index contributed by atoms with van der Waals surface area (Å²) in [6, 6.07) is 11.3. The summed E-state index contributed by atoms with van der Waals surface area (Å²) in [5.74, 6) is 0. The predicted molar refractivity (Wildman–Crippen MR) is 100 cm³/mol. The van der Waals surface area contributed by atoms with E-state index in [0.717, 1.165) is 22.0 Å². The third-order valence-corrected chi connectivity index (χ3v) is 6.28. The summed E-state index contributed by atoms with van der Waals surface area (Å²) >= 11 is 0. The van der Waals surface area contributed by atoms with Gasteiger partial charge in [-0.1, -0.05) is 18.2 Å². The molecule has 0 bridgehead atoms. The van der Waals surface area contributed by atoms with Crippen molar-refractivity contribution in [3.63, 3.8) is 0 Å². The first-order valence-electron chi connectivity index (χ1n) is 7.92. The number of hydrogen-bond donors (Lipinski definition) is 0. The van der Waals surface area contributed by atoms with E-state index in [4.69, 9.17) is 4.98 Å². The first-order chi connectivity index (χ1) is 11.8. The minimum Gasteiger partial charge on any atom is -0.242 e. The number of para-hydroxylation sites is 1. The van der Waals surface area contributed by atoms with E-state index in [1.165, 1.54) is 22.4 Å². The van der Waals surface area contributed by atoms with E-state index < -0.39 is 10.2 Å². The highest BCUT2D eigenvalue weighted by atomic mass is 32.2. The van der Waals surface area contributed by atoms with Gasteiger partial charge in [-0.05, 0) is 43.2 Å². The number of hydrogen-bond acceptors (Lipinski definition) is 4. The molecule has 0 saturated carbocycles. The lowest BCUT2D eigenvalue weighted by Crippen LogP contribution is -2.28. The Morgan fingerprint density at radius 3 is 2.20 bits per heavy atom. The molecule has 0 aliphatic carbocycles. The summed E-state index contributed by atoms with van der Waals surface area (Å²) in [5.41, 5.74) is 5.21.